The number of unbranched alkanes of at least 4 members (excludes halogenated alkanes) is 4. The molecule has 5 N–H and O–H groups in total. The first kappa shape index (κ1) is 27.4. The number of rotatable bonds is 12. The summed E-state index contributed by atoms with van der Waals surface area (Å²) < 4.78 is 49.3. The summed E-state index contributed by atoms with van der Waals surface area (Å²) in [6.45, 7) is -0.340. The summed E-state index contributed by atoms with van der Waals surface area (Å²) in [6, 6.07) is 1.22. The highest BCUT2D eigenvalue weighted by molar-refractivity contribution is 7.43. The highest BCUT2D eigenvalue weighted by Crippen LogP contribution is 2.35. The number of aliphatic hydroxyl groups is 1. The number of carbonyl (C=O) groups is 1. The molecule has 33 heavy (non-hydrogen) atoms. The van der Waals surface area contributed by atoms with Crippen molar-refractivity contribution in [3.05, 3.63) is 33.1 Å². The summed E-state index contributed by atoms with van der Waals surface area (Å²) in [5.74, 6) is -1.96. The van der Waals surface area contributed by atoms with E-state index in [0.29, 0.717) is 32.1 Å². The van der Waals surface area contributed by atoms with Crippen LogP contribution in [-0.2, 0) is 20.6 Å². The van der Waals surface area contributed by atoms with Crippen LogP contribution in [0.25, 0.3) is 0 Å². The standard InChI is InChI=1S/C18H28F3N4O7P/c19-18(20,21)16(28)23-7-4-2-1-3-5-8-24-14(27)6-9-25(17(24)29)15-10-12(32-33(22)30)13(11-26)31-15/h6,9,12-13,15,26,30H,1-5,7-8,10-11,22H2,(H,23,28)/t12-,13+,15+,33?/m0/s1. The molecule has 0 spiro atoms. The van der Waals surface area contributed by atoms with Gasteiger partial charge in [-0.05, 0) is 12.8 Å². The normalized spacial score (nSPS) is 21.8. The number of hydrogen-bond acceptors (Lipinski definition) is 8. The number of nitrogens with two attached hydrogens (primary N) is 1. The molecule has 1 amide bonds. The summed E-state index contributed by atoms with van der Waals surface area (Å²) in [7, 11) is -2.18. The van der Waals surface area contributed by atoms with Crippen LogP contribution in [0.2, 0.25) is 0 Å². The molecule has 0 bridgehead atoms. The molecule has 1 unspecified atom stereocenters. The number of hydrogen-bond donors (Lipinski definition) is 4. The van der Waals surface area contributed by atoms with Crippen molar-refractivity contribution in [3.8, 4) is 0 Å². The van der Waals surface area contributed by atoms with Crippen LogP contribution in [-0.4, -0.2) is 56.6 Å². The second-order valence-electron chi connectivity index (χ2n) is 7.51. The minimum Gasteiger partial charge on any atom is -0.394 e. The zero-order chi connectivity index (χ0) is 24.6. The zero-order valence-electron chi connectivity index (χ0n) is 17.7. The van der Waals surface area contributed by atoms with Crippen LogP contribution >= 0.6 is 8.53 Å². The van der Waals surface area contributed by atoms with Gasteiger partial charge in [-0.15, -0.1) is 0 Å². The van der Waals surface area contributed by atoms with Gasteiger partial charge in [0.15, 0.2) is 0 Å². The van der Waals surface area contributed by atoms with Gasteiger partial charge in [0.1, 0.15) is 12.3 Å². The Labute approximate surface area is 188 Å². The predicted octanol–water partition coefficient (Wildman–Crippen LogP) is 0.482. The van der Waals surface area contributed by atoms with Gasteiger partial charge in [-0.25, -0.2) is 4.79 Å². The number of nitrogens with one attached hydrogen (secondary N) is 1. The number of aromatic nitrogens is 2. The number of ether oxygens (including phenoxy) is 1. The van der Waals surface area contributed by atoms with Crippen LogP contribution in [0.1, 0.15) is 44.8 Å². The van der Waals surface area contributed by atoms with Gasteiger partial charge in [-0.2, -0.15) is 13.2 Å². The van der Waals surface area contributed by atoms with Crippen molar-refractivity contribution >= 4 is 14.4 Å². The number of amides is 1. The molecule has 2 heterocycles. The highest BCUT2D eigenvalue weighted by atomic mass is 31.2. The average Bonchev–Trinajstić information content (AvgIpc) is 3.12. The molecule has 0 aromatic carbocycles. The number of carbonyl (C=O) groups excluding carboxylic acids is 1. The van der Waals surface area contributed by atoms with Gasteiger partial charge >= 0.3 is 17.8 Å². The van der Waals surface area contributed by atoms with E-state index >= 15 is 0 Å². The molecule has 15 heteroatoms. The Morgan fingerprint density at radius 3 is 2.58 bits per heavy atom. The van der Waals surface area contributed by atoms with Gasteiger partial charge in [0, 0.05) is 31.8 Å². The lowest BCUT2D eigenvalue weighted by atomic mass is 10.1. The first-order valence-corrected chi connectivity index (χ1v) is 11.7. The van der Waals surface area contributed by atoms with Gasteiger partial charge < -0.3 is 24.6 Å². The SMILES string of the molecule is NP(O)O[C@H]1C[C@H](n2ccc(=O)n(CCCCCCCNC(=O)C(F)(F)F)c2=O)O[C@@H]1CO. The lowest BCUT2D eigenvalue weighted by molar-refractivity contribution is -0.173. The van der Waals surface area contributed by atoms with Crippen molar-refractivity contribution in [1.29, 1.82) is 0 Å². The minimum absolute atomic E-state index is 0.0789. The Bertz CT molecular complexity index is 893. The van der Waals surface area contributed by atoms with Crippen molar-refractivity contribution in [2.45, 2.75) is 69.7 Å². The van der Waals surface area contributed by atoms with Gasteiger partial charge in [0.2, 0.25) is 8.53 Å². The van der Waals surface area contributed by atoms with Crippen molar-refractivity contribution in [1.82, 2.24) is 14.5 Å². The summed E-state index contributed by atoms with van der Waals surface area (Å²) >= 11 is 0. The molecule has 4 atom stereocenters. The molecule has 0 aliphatic carbocycles. The van der Waals surface area contributed by atoms with E-state index in [-0.39, 0.29) is 19.5 Å². The first-order valence-electron chi connectivity index (χ1n) is 10.4. The summed E-state index contributed by atoms with van der Waals surface area (Å²) in [5, 5.41) is 11.2. The lowest BCUT2D eigenvalue weighted by Gasteiger charge is -2.17. The third-order valence-electron chi connectivity index (χ3n) is 5.11. The number of halogens is 3. The molecular weight excluding hydrogens is 472 g/mol. The Kier molecular flexibility index (Phi) is 10.5. The fourth-order valence-electron chi connectivity index (χ4n) is 3.47. The quantitative estimate of drug-likeness (QED) is 0.238. The third kappa shape index (κ3) is 8.16. The van der Waals surface area contributed by atoms with Gasteiger partial charge in [0.05, 0.1) is 12.7 Å². The van der Waals surface area contributed by atoms with E-state index in [1.54, 1.807) is 5.32 Å². The summed E-state index contributed by atoms with van der Waals surface area (Å²) in [4.78, 5) is 44.9. The molecule has 0 saturated carbocycles. The second-order valence-corrected chi connectivity index (χ2v) is 8.33. The Morgan fingerprint density at radius 1 is 1.27 bits per heavy atom. The molecule has 1 aromatic rings. The van der Waals surface area contributed by atoms with Crippen molar-refractivity contribution in [3.63, 3.8) is 0 Å². The maximum atomic E-state index is 12.8. The minimum atomic E-state index is -4.89. The molecule has 2 rings (SSSR count). The smallest absolute Gasteiger partial charge is 0.394 e. The van der Waals surface area contributed by atoms with E-state index in [0.717, 1.165) is 4.57 Å². The fraction of sp³-hybridized carbons (Fsp3) is 0.722. The monoisotopic (exact) mass is 500 g/mol. The van der Waals surface area contributed by atoms with E-state index < -0.39 is 56.9 Å². The van der Waals surface area contributed by atoms with Gasteiger partial charge in [-0.3, -0.25) is 24.2 Å². The van der Waals surface area contributed by atoms with Crippen LogP contribution in [0.15, 0.2) is 21.9 Å². The van der Waals surface area contributed by atoms with Crippen LogP contribution < -0.4 is 22.1 Å². The molecule has 1 aliphatic rings. The molecule has 0 radical (unpaired) electrons. The molecule has 1 aliphatic heterocycles. The maximum Gasteiger partial charge on any atom is 0.471 e. The second kappa shape index (κ2) is 12.6. The highest BCUT2D eigenvalue weighted by Gasteiger charge is 2.39. The molecule has 11 nitrogen and oxygen atoms in total. The van der Waals surface area contributed by atoms with Gasteiger partial charge in [-0.1, -0.05) is 19.3 Å². The van der Waals surface area contributed by atoms with Crippen molar-refractivity contribution in [2.75, 3.05) is 13.2 Å². The Morgan fingerprint density at radius 2 is 1.94 bits per heavy atom. The van der Waals surface area contributed by atoms with Crippen LogP contribution in [0.5, 0.6) is 0 Å². The average molecular weight is 500 g/mol. The summed E-state index contributed by atoms with van der Waals surface area (Å²) in [5.41, 5.74) is 4.18. The molecule has 1 aromatic heterocycles. The Hall–Kier alpha value is -1.83. The largest absolute Gasteiger partial charge is 0.471 e. The van der Waals surface area contributed by atoms with Crippen LogP contribution in [0.4, 0.5) is 13.2 Å². The topological polar surface area (TPSA) is 158 Å². The molecule has 1 saturated heterocycles. The van der Waals surface area contributed by atoms with E-state index in [2.05, 4.69) is 0 Å². The van der Waals surface area contributed by atoms with Crippen molar-refractivity contribution < 1.29 is 37.2 Å². The predicted molar refractivity (Wildman–Crippen MR) is 111 cm³/mol. The van der Waals surface area contributed by atoms with Crippen LogP contribution in [0.3, 0.4) is 0 Å². The number of aliphatic hydroxyl groups excluding tert-OH is 1. The summed E-state index contributed by atoms with van der Waals surface area (Å²) in [6.07, 6.45) is -3.02. The first-order chi connectivity index (χ1) is 15.5. The zero-order valence-corrected chi connectivity index (χ0v) is 18.6. The van der Waals surface area contributed by atoms with E-state index in [1.165, 1.54) is 16.8 Å². The Balaban J connectivity index is 1.84. The molecule has 1 fully saturated rings. The van der Waals surface area contributed by atoms with Gasteiger partial charge in [0.25, 0.3) is 5.56 Å². The van der Waals surface area contributed by atoms with E-state index in [9.17, 15) is 37.6 Å². The number of alkyl halides is 3. The van der Waals surface area contributed by atoms with E-state index in [4.69, 9.17) is 14.8 Å². The number of nitrogens with zero attached hydrogens (tertiary/aromatic N) is 2. The maximum absolute atomic E-state index is 12.8. The van der Waals surface area contributed by atoms with Crippen LogP contribution in [0, 0.1) is 0 Å². The molecule has 188 valence electrons. The fourth-order valence-corrected chi connectivity index (χ4v) is 3.97. The van der Waals surface area contributed by atoms with E-state index in [1.807, 2.05) is 0 Å². The third-order valence-corrected chi connectivity index (χ3v) is 5.60. The lowest BCUT2D eigenvalue weighted by Crippen LogP contribution is -2.40. The van der Waals surface area contributed by atoms with Crippen molar-refractivity contribution in [2.24, 2.45) is 5.50 Å². The molecular formula is C18H28F3N4O7P.